The van der Waals surface area contributed by atoms with Crippen molar-refractivity contribution in [1.82, 2.24) is 0 Å². The number of hydrogen-bond donors (Lipinski definition) is 1. The summed E-state index contributed by atoms with van der Waals surface area (Å²) in [6, 6.07) is 13.2. The third-order valence-corrected chi connectivity index (χ3v) is 5.04. The molecule has 2 nitrogen and oxygen atoms in total. The van der Waals surface area contributed by atoms with Crippen LogP contribution in [0.25, 0.3) is 0 Å². The van der Waals surface area contributed by atoms with Gasteiger partial charge in [0.05, 0.1) is 11.4 Å². The monoisotopic (exact) mass is 481 g/mol. The Balaban J connectivity index is 1.90. The van der Waals surface area contributed by atoms with Crippen LogP contribution < -0.4 is 5.32 Å². The SMILES string of the molecule is O=C(CSc1ccc(Cl)cc1)Nc1ccc(Br)cc1I. The van der Waals surface area contributed by atoms with Crippen LogP contribution in [0.5, 0.6) is 0 Å². The highest BCUT2D eigenvalue weighted by Crippen LogP contribution is 2.24. The molecular formula is C14H10BrClINOS. The molecule has 0 aliphatic carbocycles. The van der Waals surface area contributed by atoms with Crippen molar-refractivity contribution in [3.8, 4) is 0 Å². The number of halogens is 3. The highest BCUT2D eigenvalue weighted by atomic mass is 127. The topological polar surface area (TPSA) is 29.1 Å². The molecule has 1 amide bonds. The number of rotatable bonds is 4. The Kier molecular flexibility index (Phi) is 6.20. The number of anilines is 1. The Morgan fingerprint density at radius 3 is 2.60 bits per heavy atom. The molecule has 2 rings (SSSR count). The summed E-state index contributed by atoms with van der Waals surface area (Å²) in [5.74, 6) is 0.346. The molecule has 0 spiro atoms. The minimum atomic E-state index is -0.0230. The van der Waals surface area contributed by atoms with Gasteiger partial charge < -0.3 is 5.32 Å². The fourth-order valence-electron chi connectivity index (χ4n) is 1.46. The number of benzene rings is 2. The predicted molar refractivity (Wildman–Crippen MR) is 97.7 cm³/mol. The standard InChI is InChI=1S/C14H10BrClINOS/c15-9-1-6-13(12(17)7-9)18-14(19)8-20-11-4-2-10(16)3-5-11/h1-7H,8H2,(H,18,19). The van der Waals surface area contributed by atoms with Gasteiger partial charge in [-0.15, -0.1) is 11.8 Å². The van der Waals surface area contributed by atoms with Crippen molar-refractivity contribution < 1.29 is 4.79 Å². The van der Waals surface area contributed by atoms with E-state index in [1.165, 1.54) is 11.8 Å². The first kappa shape index (κ1) is 16.1. The summed E-state index contributed by atoms with van der Waals surface area (Å²) in [7, 11) is 0. The van der Waals surface area contributed by atoms with Crippen LogP contribution in [0.4, 0.5) is 5.69 Å². The summed E-state index contributed by atoms with van der Waals surface area (Å²) in [4.78, 5) is 12.9. The maximum Gasteiger partial charge on any atom is 0.234 e. The predicted octanol–water partition coefficient (Wildman–Crippen LogP) is 5.44. The van der Waals surface area contributed by atoms with Crippen LogP contribution in [-0.2, 0) is 4.79 Å². The molecule has 0 bridgehead atoms. The van der Waals surface area contributed by atoms with Gasteiger partial charge in [-0.3, -0.25) is 4.79 Å². The van der Waals surface area contributed by atoms with Gasteiger partial charge in [0.25, 0.3) is 0 Å². The van der Waals surface area contributed by atoms with Gasteiger partial charge in [-0.05, 0) is 65.1 Å². The number of carbonyl (C=O) groups is 1. The molecule has 0 unspecified atom stereocenters. The normalized spacial score (nSPS) is 10.3. The van der Waals surface area contributed by atoms with Gasteiger partial charge in [-0.25, -0.2) is 0 Å². The molecule has 2 aromatic rings. The van der Waals surface area contributed by atoms with Crippen LogP contribution in [0.1, 0.15) is 0 Å². The summed E-state index contributed by atoms with van der Waals surface area (Å²) in [5.41, 5.74) is 0.829. The van der Waals surface area contributed by atoms with E-state index in [4.69, 9.17) is 11.6 Å². The van der Waals surface area contributed by atoms with Gasteiger partial charge in [-0.2, -0.15) is 0 Å². The second-order valence-electron chi connectivity index (χ2n) is 3.91. The minimum absolute atomic E-state index is 0.0230. The van der Waals surface area contributed by atoms with Crippen LogP contribution in [0.3, 0.4) is 0 Å². The maximum absolute atomic E-state index is 11.9. The first-order chi connectivity index (χ1) is 9.54. The van der Waals surface area contributed by atoms with Crippen LogP contribution in [0, 0.1) is 3.57 Å². The van der Waals surface area contributed by atoms with E-state index in [-0.39, 0.29) is 5.91 Å². The average Bonchev–Trinajstić information content (AvgIpc) is 2.41. The zero-order valence-electron chi connectivity index (χ0n) is 10.2. The molecule has 0 aliphatic heterocycles. The second kappa shape index (κ2) is 7.68. The van der Waals surface area contributed by atoms with Crippen molar-refractivity contribution in [1.29, 1.82) is 0 Å². The van der Waals surface area contributed by atoms with E-state index in [9.17, 15) is 4.79 Å². The summed E-state index contributed by atoms with van der Waals surface area (Å²) in [5, 5.41) is 3.60. The van der Waals surface area contributed by atoms with Gasteiger partial charge in [0.2, 0.25) is 5.91 Å². The first-order valence-electron chi connectivity index (χ1n) is 5.68. The Bertz CT molecular complexity index is 621. The average molecular weight is 483 g/mol. The lowest BCUT2D eigenvalue weighted by molar-refractivity contribution is -0.113. The molecule has 1 N–H and O–H groups in total. The summed E-state index contributed by atoms with van der Waals surface area (Å²) in [6.07, 6.45) is 0. The Labute approximate surface area is 148 Å². The van der Waals surface area contributed by atoms with Crippen LogP contribution in [-0.4, -0.2) is 11.7 Å². The van der Waals surface area contributed by atoms with E-state index in [1.54, 1.807) is 0 Å². The molecular weight excluding hydrogens is 472 g/mol. The number of thioether (sulfide) groups is 1. The minimum Gasteiger partial charge on any atom is -0.324 e. The number of hydrogen-bond acceptors (Lipinski definition) is 2. The van der Waals surface area contributed by atoms with Crippen molar-refractivity contribution >= 4 is 73.5 Å². The first-order valence-corrected chi connectivity index (χ1v) is 8.91. The third kappa shape index (κ3) is 4.95. The van der Waals surface area contributed by atoms with Gasteiger partial charge in [0, 0.05) is 18.0 Å². The molecule has 2 aromatic carbocycles. The van der Waals surface area contributed by atoms with E-state index >= 15 is 0 Å². The lowest BCUT2D eigenvalue weighted by Gasteiger charge is -2.07. The molecule has 0 aliphatic rings. The molecule has 104 valence electrons. The zero-order chi connectivity index (χ0) is 14.5. The van der Waals surface area contributed by atoms with E-state index < -0.39 is 0 Å². The van der Waals surface area contributed by atoms with Gasteiger partial charge in [-0.1, -0.05) is 27.5 Å². The molecule has 0 aromatic heterocycles. The molecule has 6 heteroatoms. The van der Waals surface area contributed by atoms with Gasteiger partial charge in [0.15, 0.2) is 0 Å². The number of amides is 1. The van der Waals surface area contributed by atoms with Crippen LogP contribution >= 0.6 is 61.9 Å². The van der Waals surface area contributed by atoms with E-state index in [1.807, 2.05) is 42.5 Å². The van der Waals surface area contributed by atoms with Gasteiger partial charge in [0.1, 0.15) is 0 Å². The van der Waals surface area contributed by atoms with Crippen LogP contribution in [0.15, 0.2) is 51.8 Å². The zero-order valence-corrected chi connectivity index (χ0v) is 15.5. The Hall–Kier alpha value is -0.240. The Morgan fingerprint density at radius 1 is 1.25 bits per heavy atom. The lowest BCUT2D eigenvalue weighted by atomic mass is 10.3. The van der Waals surface area contributed by atoms with E-state index in [0.29, 0.717) is 10.8 Å². The number of nitrogens with one attached hydrogen (secondary N) is 1. The van der Waals surface area contributed by atoms with Gasteiger partial charge >= 0.3 is 0 Å². The summed E-state index contributed by atoms with van der Waals surface area (Å²) < 4.78 is 2.00. The smallest absolute Gasteiger partial charge is 0.234 e. The third-order valence-electron chi connectivity index (χ3n) is 2.39. The quantitative estimate of drug-likeness (QED) is 0.465. The molecule has 0 saturated carbocycles. The Morgan fingerprint density at radius 2 is 1.95 bits per heavy atom. The molecule has 20 heavy (non-hydrogen) atoms. The fourth-order valence-corrected chi connectivity index (χ4v) is 3.72. The molecule has 0 heterocycles. The fraction of sp³-hybridized carbons (Fsp3) is 0.0714. The molecule has 0 atom stereocenters. The van der Waals surface area contributed by atoms with Crippen molar-refractivity contribution in [3.05, 3.63) is 55.5 Å². The highest BCUT2D eigenvalue weighted by molar-refractivity contribution is 14.1. The second-order valence-corrected chi connectivity index (χ2v) is 7.48. The molecule has 0 fully saturated rings. The van der Waals surface area contributed by atoms with Crippen molar-refractivity contribution in [3.63, 3.8) is 0 Å². The van der Waals surface area contributed by atoms with Crippen molar-refractivity contribution in [2.75, 3.05) is 11.1 Å². The van der Waals surface area contributed by atoms with E-state index in [2.05, 4.69) is 43.8 Å². The molecule has 0 radical (unpaired) electrons. The highest BCUT2D eigenvalue weighted by Gasteiger charge is 2.06. The van der Waals surface area contributed by atoms with E-state index in [0.717, 1.165) is 18.6 Å². The largest absolute Gasteiger partial charge is 0.324 e. The lowest BCUT2D eigenvalue weighted by Crippen LogP contribution is -2.14. The summed E-state index contributed by atoms with van der Waals surface area (Å²) in [6.45, 7) is 0. The molecule has 0 saturated heterocycles. The van der Waals surface area contributed by atoms with Crippen LogP contribution in [0.2, 0.25) is 5.02 Å². The number of carbonyl (C=O) groups excluding carboxylic acids is 1. The van der Waals surface area contributed by atoms with Crippen molar-refractivity contribution in [2.24, 2.45) is 0 Å². The van der Waals surface area contributed by atoms with Crippen molar-refractivity contribution in [2.45, 2.75) is 4.90 Å². The maximum atomic E-state index is 11.9. The summed E-state index contributed by atoms with van der Waals surface area (Å²) >= 11 is 12.9.